The zero-order chi connectivity index (χ0) is 6.85. The topological polar surface area (TPSA) is 29.5 Å². The van der Waals surface area contributed by atoms with Gasteiger partial charge in [0.2, 0.25) is 0 Å². The van der Waals surface area contributed by atoms with Gasteiger partial charge in [0.15, 0.2) is 0 Å². The SMILES string of the molecule is CC1=C(C=O)CON1C. The number of allylic oxidation sites excluding steroid dienone is 1. The third-order valence-electron chi connectivity index (χ3n) is 1.49. The lowest BCUT2D eigenvalue weighted by atomic mass is 10.3. The Morgan fingerprint density at radius 1 is 1.78 bits per heavy atom. The van der Waals surface area contributed by atoms with Crippen LogP contribution in [-0.2, 0) is 9.63 Å². The summed E-state index contributed by atoms with van der Waals surface area (Å²) in [6, 6.07) is 0. The smallest absolute Gasteiger partial charge is 0.150 e. The molecule has 0 radical (unpaired) electrons. The zero-order valence-electron chi connectivity index (χ0n) is 5.55. The predicted octanol–water partition coefficient (Wildman–Crippen LogP) is 0.336. The van der Waals surface area contributed by atoms with Crippen molar-refractivity contribution < 1.29 is 9.63 Å². The van der Waals surface area contributed by atoms with Crippen LogP contribution in [0, 0.1) is 0 Å². The second-order valence-corrected chi connectivity index (χ2v) is 2.00. The third kappa shape index (κ3) is 0.954. The molecule has 1 aliphatic heterocycles. The molecule has 0 bridgehead atoms. The summed E-state index contributed by atoms with van der Waals surface area (Å²) in [6.45, 7) is 2.28. The maximum absolute atomic E-state index is 10.2. The van der Waals surface area contributed by atoms with Crippen molar-refractivity contribution in [3.63, 3.8) is 0 Å². The molecule has 3 heteroatoms. The lowest BCUT2D eigenvalue weighted by Crippen LogP contribution is -2.08. The molecule has 0 unspecified atom stereocenters. The van der Waals surface area contributed by atoms with Crippen LogP contribution in [0.2, 0.25) is 0 Å². The summed E-state index contributed by atoms with van der Waals surface area (Å²) in [5.74, 6) is 0. The minimum Gasteiger partial charge on any atom is -0.298 e. The summed E-state index contributed by atoms with van der Waals surface area (Å²) in [5, 5.41) is 1.60. The molecule has 0 saturated heterocycles. The Morgan fingerprint density at radius 3 is 2.67 bits per heavy atom. The first-order chi connectivity index (χ1) is 4.25. The van der Waals surface area contributed by atoms with Crippen LogP contribution < -0.4 is 0 Å². The van der Waals surface area contributed by atoms with E-state index in [0.29, 0.717) is 6.61 Å². The van der Waals surface area contributed by atoms with Crippen molar-refractivity contribution in [2.75, 3.05) is 13.7 Å². The molecule has 0 aromatic carbocycles. The predicted molar refractivity (Wildman–Crippen MR) is 32.5 cm³/mol. The highest BCUT2D eigenvalue weighted by atomic mass is 16.7. The number of aldehydes is 1. The molecule has 1 heterocycles. The van der Waals surface area contributed by atoms with Crippen molar-refractivity contribution in [2.45, 2.75) is 6.92 Å². The molecular formula is C6H9NO2. The van der Waals surface area contributed by atoms with E-state index >= 15 is 0 Å². The summed E-state index contributed by atoms with van der Waals surface area (Å²) in [5.41, 5.74) is 1.64. The van der Waals surface area contributed by atoms with Gasteiger partial charge in [0.25, 0.3) is 0 Å². The standard InChI is InChI=1S/C6H9NO2/c1-5-6(3-8)4-9-7(5)2/h3H,4H2,1-2H3. The summed E-state index contributed by atoms with van der Waals surface area (Å²) in [6.07, 6.45) is 0.832. The highest BCUT2D eigenvalue weighted by Crippen LogP contribution is 2.14. The van der Waals surface area contributed by atoms with E-state index in [4.69, 9.17) is 4.84 Å². The molecule has 0 N–H and O–H groups in total. The molecule has 0 aliphatic carbocycles. The number of carbonyl (C=O) groups is 1. The zero-order valence-corrected chi connectivity index (χ0v) is 5.55. The van der Waals surface area contributed by atoms with E-state index in [1.807, 2.05) is 6.92 Å². The summed E-state index contributed by atoms with van der Waals surface area (Å²) in [7, 11) is 1.78. The fourth-order valence-electron chi connectivity index (χ4n) is 0.689. The van der Waals surface area contributed by atoms with Crippen molar-refractivity contribution in [3.8, 4) is 0 Å². The minimum atomic E-state index is 0.422. The van der Waals surface area contributed by atoms with Crippen LogP contribution >= 0.6 is 0 Å². The van der Waals surface area contributed by atoms with Crippen molar-refractivity contribution in [1.82, 2.24) is 5.06 Å². The molecule has 0 spiro atoms. The minimum absolute atomic E-state index is 0.422. The van der Waals surface area contributed by atoms with Gasteiger partial charge in [-0.2, -0.15) is 0 Å². The Kier molecular flexibility index (Phi) is 1.53. The number of carbonyl (C=O) groups excluding carboxylic acids is 1. The van der Waals surface area contributed by atoms with Crippen LogP contribution in [-0.4, -0.2) is 25.0 Å². The Hall–Kier alpha value is -0.830. The normalized spacial score (nSPS) is 19.1. The van der Waals surface area contributed by atoms with Crippen molar-refractivity contribution >= 4 is 6.29 Å². The van der Waals surface area contributed by atoms with Crippen molar-refractivity contribution in [2.24, 2.45) is 0 Å². The second kappa shape index (κ2) is 2.19. The number of hydrogen-bond donors (Lipinski definition) is 0. The van der Waals surface area contributed by atoms with Gasteiger partial charge in [-0.25, -0.2) is 0 Å². The quantitative estimate of drug-likeness (QED) is 0.475. The first kappa shape index (κ1) is 6.29. The van der Waals surface area contributed by atoms with Crippen LogP contribution in [0.5, 0.6) is 0 Å². The van der Waals surface area contributed by atoms with Crippen LogP contribution in [0.3, 0.4) is 0 Å². The highest BCUT2D eigenvalue weighted by Gasteiger charge is 2.14. The van der Waals surface area contributed by atoms with Gasteiger partial charge in [-0.3, -0.25) is 14.7 Å². The first-order valence-electron chi connectivity index (χ1n) is 2.77. The van der Waals surface area contributed by atoms with Crippen LogP contribution in [0.4, 0.5) is 0 Å². The fourth-order valence-corrected chi connectivity index (χ4v) is 0.689. The molecule has 0 amide bonds. The average Bonchev–Trinajstić information content (AvgIpc) is 2.15. The average molecular weight is 127 g/mol. The molecule has 50 valence electrons. The summed E-state index contributed by atoms with van der Waals surface area (Å²) >= 11 is 0. The number of nitrogens with zero attached hydrogens (tertiary/aromatic N) is 1. The van der Waals surface area contributed by atoms with Gasteiger partial charge in [-0.15, -0.1) is 0 Å². The van der Waals surface area contributed by atoms with Gasteiger partial charge in [-0.05, 0) is 6.92 Å². The molecule has 0 saturated carbocycles. The number of hydrogen-bond acceptors (Lipinski definition) is 3. The molecule has 0 aromatic rings. The molecule has 0 atom stereocenters. The van der Waals surface area contributed by atoms with Crippen LogP contribution in [0.15, 0.2) is 11.3 Å². The van der Waals surface area contributed by atoms with Gasteiger partial charge < -0.3 is 0 Å². The van der Waals surface area contributed by atoms with Crippen LogP contribution in [0.1, 0.15) is 6.92 Å². The van der Waals surface area contributed by atoms with E-state index in [9.17, 15) is 4.79 Å². The summed E-state index contributed by atoms with van der Waals surface area (Å²) < 4.78 is 0. The molecule has 1 rings (SSSR count). The van der Waals surface area contributed by atoms with Crippen molar-refractivity contribution in [1.29, 1.82) is 0 Å². The van der Waals surface area contributed by atoms with Gasteiger partial charge in [-0.1, -0.05) is 0 Å². The van der Waals surface area contributed by atoms with Gasteiger partial charge in [0.05, 0.1) is 0 Å². The van der Waals surface area contributed by atoms with Crippen molar-refractivity contribution in [3.05, 3.63) is 11.3 Å². The van der Waals surface area contributed by atoms with Gasteiger partial charge >= 0.3 is 0 Å². The van der Waals surface area contributed by atoms with E-state index in [0.717, 1.165) is 17.6 Å². The molecule has 0 aromatic heterocycles. The van der Waals surface area contributed by atoms with Gasteiger partial charge in [0, 0.05) is 18.3 Å². The highest BCUT2D eigenvalue weighted by molar-refractivity contribution is 5.75. The molecule has 1 aliphatic rings. The Balaban J connectivity index is 2.79. The molecular weight excluding hydrogens is 118 g/mol. The van der Waals surface area contributed by atoms with E-state index in [1.54, 1.807) is 12.1 Å². The number of hydroxylamine groups is 2. The van der Waals surface area contributed by atoms with Crippen LogP contribution in [0.25, 0.3) is 0 Å². The largest absolute Gasteiger partial charge is 0.298 e. The maximum atomic E-state index is 10.2. The van der Waals surface area contributed by atoms with E-state index < -0.39 is 0 Å². The Morgan fingerprint density at radius 2 is 2.44 bits per heavy atom. The first-order valence-corrected chi connectivity index (χ1v) is 2.77. The van der Waals surface area contributed by atoms with E-state index in [2.05, 4.69) is 0 Å². The third-order valence-corrected chi connectivity index (χ3v) is 1.49. The Bertz CT molecular complexity index is 162. The molecule has 3 nitrogen and oxygen atoms in total. The lowest BCUT2D eigenvalue weighted by molar-refractivity contribution is -0.106. The Labute approximate surface area is 53.9 Å². The molecule has 0 fully saturated rings. The van der Waals surface area contributed by atoms with E-state index in [1.165, 1.54) is 0 Å². The lowest BCUT2D eigenvalue weighted by Gasteiger charge is -2.09. The fraction of sp³-hybridized carbons (Fsp3) is 0.500. The van der Waals surface area contributed by atoms with Gasteiger partial charge in [0.1, 0.15) is 12.9 Å². The number of rotatable bonds is 1. The molecule has 9 heavy (non-hydrogen) atoms. The monoisotopic (exact) mass is 127 g/mol. The second-order valence-electron chi connectivity index (χ2n) is 2.00. The van der Waals surface area contributed by atoms with E-state index in [-0.39, 0.29) is 0 Å². The summed E-state index contributed by atoms with van der Waals surface area (Å²) in [4.78, 5) is 15.2. The maximum Gasteiger partial charge on any atom is 0.150 e.